The van der Waals surface area contributed by atoms with Gasteiger partial charge in [0.2, 0.25) is 5.69 Å². The van der Waals surface area contributed by atoms with Gasteiger partial charge in [-0.3, -0.25) is 4.98 Å². The second kappa shape index (κ2) is 7.11. The van der Waals surface area contributed by atoms with Gasteiger partial charge in [-0.1, -0.05) is 39.0 Å². The highest BCUT2D eigenvalue weighted by atomic mass is 14.9. The monoisotopic (exact) mass is 381 g/mol. The molecule has 0 radical (unpaired) electrons. The predicted octanol–water partition coefficient (Wildman–Crippen LogP) is 6.31. The van der Waals surface area contributed by atoms with Crippen LogP contribution in [0.5, 0.6) is 0 Å². The number of pyridine rings is 2. The average molecular weight is 382 g/mol. The first-order valence-electron chi connectivity index (χ1n) is 10.2. The van der Waals surface area contributed by atoms with Crippen molar-refractivity contribution in [3.63, 3.8) is 0 Å². The molecule has 0 aliphatic carbocycles. The first-order valence-corrected chi connectivity index (χ1v) is 10.2. The lowest BCUT2D eigenvalue weighted by Crippen LogP contribution is -2.31. The van der Waals surface area contributed by atoms with Gasteiger partial charge >= 0.3 is 0 Å². The van der Waals surface area contributed by atoms with Crippen molar-refractivity contribution in [1.82, 2.24) is 4.98 Å². The number of aryl methyl sites for hydroxylation is 2. The molecule has 0 saturated carbocycles. The maximum Gasteiger partial charge on any atom is 0.220 e. The zero-order chi connectivity index (χ0) is 20.8. The fraction of sp³-hybridized carbons (Fsp3) is 0.259. The molecule has 2 heterocycles. The van der Waals surface area contributed by atoms with Crippen LogP contribution in [-0.4, -0.2) is 4.98 Å². The Morgan fingerprint density at radius 1 is 0.897 bits per heavy atom. The normalized spacial score (nSPS) is 11.8. The first-order chi connectivity index (χ1) is 13.8. The third-order valence-corrected chi connectivity index (χ3v) is 5.92. The molecule has 29 heavy (non-hydrogen) atoms. The molecule has 2 aromatic heterocycles. The van der Waals surface area contributed by atoms with Crippen molar-refractivity contribution >= 4 is 10.8 Å². The number of nitrogens with zero attached hydrogens (tertiary/aromatic N) is 2. The van der Waals surface area contributed by atoms with Crippen LogP contribution in [0.3, 0.4) is 0 Å². The van der Waals surface area contributed by atoms with Crippen molar-refractivity contribution in [3.05, 3.63) is 83.8 Å². The van der Waals surface area contributed by atoms with Crippen LogP contribution in [0.25, 0.3) is 33.2 Å². The molecule has 2 heteroatoms. The number of rotatable bonds is 2. The molecule has 0 atom stereocenters. The Morgan fingerprint density at radius 2 is 1.69 bits per heavy atom. The Bertz CT molecular complexity index is 1200. The SMILES string of the molecule is Cc1cc(C(C)(C)C)cc(-c2c3ccc(-c4cccnc4)cc3cc[n+]2C)c1C. The molecule has 146 valence electrons. The quantitative estimate of drug-likeness (QED) is 0.372. The summed E-state index contributed by atoms with van der Waals surface area (Å²) in [6, 6.07) is 17.7. The molecule has 0 N–H and O–H groups in total. The number of aromatic nitrogens is 2. The van der Waals surface area contributed by atoms with Crippen molar-refractivity contribution < 1.29 is 4.57 Å². The Hall–Kier alpha value is -3.00. The van der Waals surface area contributed by atoms with Gasteiger partial charge in [0.25, 0.3) is 0 Å². The van der Waals surface area contributed by atoms with Crippen LogP contribution in [0.15, 0.2) is 67.1 Å². The molecule has 0 aliphatic rings. The molecule has 0 bridgehead atoms. The Balaban J connectivity index is 1.97. The van der Waals surface area contributed by atoms with Gasteiger partial charge in [0, 0.05) is 24.0 Å². The van der Waals surface area contributed by atoms with Crippen LogP contribution in [0.4, 0.5) is 0 Å². The molecule has 0 aliphatic heterocycles. The molecular weight excluding hydrogens is 352 g/mol. The van der Waals surface area contributed by atoms with Gasteiger partial charge in [0.15, 0.2) is 6.20 Å². The summed E-state index contributed by atoms with van der Waals surface area (Å²) >= 11 is 0. The lowest BCUT2D eigenvalue weighted by atomic mass is 9.82. The fourth-order valence-electron chi connectivity index (χ4n) is 3.96. The van der Waals surface area contributed by atoms with E-state index >= 15 is 0 Å². The van der Waals surface area contributed by atoms with Crippen LogP contribution in [0, 0.1) is 13.8 Å². The van der Waals surface area contributed by atoms with Crippen LogP contribution in [0.1, 0.15) is 37.5 Å². The van der Waals surface area contributed by atoms with Crippen molar-refractivity contribution in [2.24, 2.45) is 7.05 Å². The van der Waals surface area contributed by atoms with E-state index in [2.05, 4.69) is 99.9 Å². The summed E-state index contributed by atoms with van der Waals surface area (Å²) in [5.74, 6) is 0. The number of fused-ring (bicyclic) bond motifs is 1. The van der Waals surface area contributed by atoms with Crippen molar-refractivity contribution in [2.45, 2.75) is 40.0 Å². The van der Waals surface area contributed by atoms with Crippen LogP contribution in [0.2, 0.25) is 0 Å². The van der Waals surface area contributed by atoms with E-state index in [0.717, 1.165) is 5.56 Å². The summed E-state index contributed by atoms with van der Waals surface area (Å²) in [7, 11) is 2.14. The van der Waals surface area contributed by atoms with Crippen molar-refractivity contribution in [2.75, 3.05) is 0 Å². The largest absolute Gasteiger partial charge is 0.264 e. The van der Waals surface area contributed by atoms with Crippen LogP contribution in [-0.2, 0) is 12.5 Å². The first kappa shape index (κ1) is 19.3. The average Bonchev–Trinajstić information content (AvgIpc) is 2.70. The van der Waals surface area contributed by atoms with Crippen molar-refractivity contribution in [3.8, 4) is 22.4 Å². The number of hydrogen-bond acceptors (Lipinski definition) is 1. The molecule has 2 nitrogen and oxygen atoms in total. The minimum Gasteiger partial charge on any atom is -0.264 e. The third kappa shape index (κ3) is 3.55. The third-order valence-electron chi connectivity index (χ3n) is 5.92. The van der Waals surface area contributed by atoms with E-state index in [1.165, 1.54) is 44.3 Å². The van der Waals surface area contributed by atoms with Gasteiger partial charge in [-0.15, -0.1) is 0 Å². The Labute approximate surface area is 173 Å². The maximum atomic E-state index is 4.27. The predicted molar refractivity (Wildman–Crippen MR) is 122 cm³/mol. The molecule has 4 aromatic rings. The van der Waals surface area contributed by atoms with E-state index in [-0.39, 0.29) is 5.41 Å². The zero-order valence-corrected chi connectivity index (χ0v) is 18.2. The highest BCUT2D eigenvalue weighted by Crippen LogP contribution is 2.35. The van der Waals surface area contributed by atoms with Crippen LogP contribution < -0.4 is 4.57 Å². The smallest absolute Gasteiger partial charge is 0.220 e. The molecule has 0 amide bonds. The highest BCUT2D eigenvalue weighted by Gasteiger charge is 2.22. The summed E-state index contributed by atoms with van der Waals surface area (Å²) in [4.78, 5) is 4.27. The van der Waals surface area contributed by atoms with Gasteiger partial charge in [-0.05, 0) is 71.2 Å². The summed E-state index contributed by atoms with van der Waals surface area (Å²) in [6.07, 6.45) is 5.91. The van der Waals surface area contributed by atoms with E-state index in [1.54, 1.807) is 0 Å². The van der Waals surface area contributed by atoms with E-state index in [1.807, 2.05) is 18.5 Å². The molecular formula is C27H29N2+. The van der Waals surface area contributed by atoms with Crippen molar-refractivity contribution in [1.29, 1.82) is 0 Å². The molecule has 0 fully saturated rings. The fourth-order valence-corrected chi connectivity index (χ4v) is 3.96. The van der Waals surface area contributed by atoms with Crippen LogP contribution >= 0.6 is 0 Å². The second-order valence-corrected chi connectivity index (χ2v) is 9.03. The standard InChI is InChI=1S/C27H29N2/c1-18-14-23(27(3,4)5)16-25(19(18)2)26-24-10-9-20(22-8-7-12-28-17-22)15-21(24)11-13-29(26)6/h7-17H,1-6H3/q+1. The van der Waals surface area contributed by atoms with E-state index in [9.17, 15) is 0 Å². The summed E-state index contributed by atoms with van der Waals surface area (Å²) < 4.78 is 2.25. The minimum absolute atomic E-state index is 0.115. The second-order valence-electron chi connectivity index (χ2n) is 9.03. The number of benzene rings is 2. The summed E-state index contributed by atoms with van der Waals surface area (Å²) in [5, 5.41) is 2.52. The molecule has 4 rings (SSSR count). The lowest BCUT2D eigenvalue weighted by molar-refractivity contribution is -0.659. The molecule has 2 aromatic carbocycles. The summed E-state index contributed by atoms with van der Waals surface area (Å²) in [5.41, 5.74) is 9.11. The number of hydrogen-bond donors (Lipinski definition) is 0. The van der Waals surface area contributed by atoms with Gasteiger partial charge in [0.05, 0.1) is 10.9 Å². The summed E-state index contributed by atoms with van der Waals surface area (Å²) in [6.45, 7) is 11.3. The highest BCUT2D eigenvalue weighted by molar-refractivity contribution is 5.96. The Kier molecular flexibility index (Phi) is 4.74. The molecule has 0 saturated heterocycles. The van der Waals surface area contributed by atoms with Gasteiger partial charge in [0.1, 0.15) is 7.05 Å². The van der Waals surface area contributed by atoms with E-state index < -0.39 is 0 Å². The maximum absolute atomic E-state index is 4.27. The van der Waals surface area contributed by atoms with Gasteiger partial charge in [-0.25, -0.2) is 4.57 Å². The molecule has 0 spiro atoms. The van der Waals surface area contributed by atoms with E-state index in [0.29, 0.717) is 0 Å². The topological polar surface area (TPSA) is 16.8 Å². The molecule has 0 unspecified atom stereocenters. The lowest BCUT2D eigenvalue weighted by Gasteiger charge is -2.22. The van der Waals surface area contributed by atoms with Gasteiger partial charge < -0.3 is 0 Å². The van der Waals surface area contributed by atoms with E-state index in [4.69, 9.17) is 0 Å². The van der Waals surface area contributed by atoms with Gasteiger partial charge in [-0.2, -0.15) is 0 Å². The minimum atomic E-state index is 0.115. The zero-order valence-electron chi connectivity index (χ0n) is 18.2. The Morgan fingerprint density at radius 3 is 2.38 bits per heavy atom.